The van der Waals surface area contributed by atoms with Gasteiger partial charge >= 0.3 is 0 Å². The van der Waals surface area contributed by atoms with E-state index in [1.54, 1.807) is 4.57 Å². The number of rotatable bonds is 3. The molecule has 0 aliphatic heterocycles. The molecule has 1 heterocycles. The molecular weight excluding hydrogens is 248 g/mol. The quantitative estimate of drug-likeness (QED) is 0.932. The summed E-state index contributed by atoms with van der Waals surface area (Å²) >= 11 is 0. The lowest BCUT2D eigenvalue weighted by molar-refractivity contribution is 0.749. The Balaban J connectivity index is 2.76. The molecule has 0 fully saturated rings. The van der Waals surface area contributed by atoms with Crippen LogP contribution in [0.2, 0.25) is 0 Å². The van der Waals surface area contributed by atoms with Gasteiger partial charge in [-0.3, -0.25) is 9.36 Å². The van der Waals surface area contributed by atoms with Crippen molar-refractivity contribution in [2.45, 2.75) is 40.2 Å². The number of pyridine rings is 1. The Labute approximate surface area is 120 Å². The Hall–Kier alpha value is -1.87. The third-order valence-electron chi connectivity index (χ3n) is 3.75. The molecule has 106 valence electrons. The normalized spacial score (nSPS) is 11.1. The van der Waals surface area contributed by atoms with Gasteiger partial charge in [0.15, 0.2) is 0 Å². The van der Waals surface area contributed by atoms with E-state index >= 15 is 0 Å². The van der Waals surface area contributed by atoms with Crippen molar-refractivity contribution in [2.24, 2.45) is 5.73 Å². The summed E-state index contributed by atoms with van der Waals surface area (Å²) in [5, 5.41) is 0. The molecule has 0 spiro atoms. The summed E-state index contributed by atoms with van der Waals surface area (Å²) in [4.78, 5) is 12.6. The van der Waals surface area contributed by atoms with Gasteiger partial charge in [-0.15, -0.1) is 0 Å². The first kappa shape index (κ1) is 14.5. The van der Waals surface area contributed by atoms with Gasteiger partial charge in [-0.25, -0.2) is 0 Å². The fourth-order valence-electron chi connectivity index (χ4n) is 2.33. The molecule has 0 saturated carbocycles. The van der Waals surface area contributed by atoms with Gasteiger partial charge in [-0.1, -0.05) is 26.0 Å². The summed E-state index contributed by atoms with van der Waals surface area (Å²) in [5.41, 5.74) is 10.6. The first-order chi connectivity index (χ1) is 9.45. The smallest absolute Gasteiger partial charge is 0.259 e. The third-order valence-corrected chi connectivity index (χ3v) is 3.75. The molecule has 0 amide bonds. The predicted octanol–water partition coefficient (Wildman–Crippen LogP) is 3.04. The minimum Gasteiger partial charge on any atom is -0.326 e. The summed E-state index contributed by atoms with van der Waals surface area (Å²) < 4.78 is 1.79. The Bertz CT molecular complexity index is 684. The molecule has 1 aromatic carbocycles. The fourth-order valence-corrected chi connectivity index (χ4v) is 2.33. The molecule has 3 nitrogen and oxygen atoms in total. The second-order valence-electron chi connectivity index (χ2n) is 5.55. The van der Waals surface area contributed by atoms with Gasteiger partial charge in [-0.2, -0.15) is 0 Å². The summed E-state index contributed by atoms with van der Waals surface area (Å²) in [6.45, 7) is 8.58. The van der Waals surface area contributed by atoms with Crippen LogP contribution in [0.15, 0.2) is 35.1 Å². The predicted molar refractivity (Wildman–Crippen MR) is 83.5 cm³/mol. The van der Waals surface area contributed by atoms with Crippen molar-refractivity contribution in [3.8, 4) is 5.69 Å². The van der Waals surface area contributed by atoms with E-state index in [0.717, 1.165) is 11.4 Å². The fraction of sp³-hybridized carbons (Fsp3) is 0.353. The standard InChI is InChI=1S/C17H22N2O/c1-11(2)16-8-6-14(10-18)17(20)19(16)15-7-5-12(3)13(4)9-15/h5-9,11H,10,18H2,1-4H3. The molecule has 0 aliphatic carbocycles. The number of benzene rings is 1. The summed E-state index contributed by atoms with van der Waals surface area (Å²) in [7, 11) is 0. The maximum absolute atomic E-state index is 12.6. The Morgan fingerprint density at radius 1 is 1.10 bits per heavy atom. The summed E-state index contributed by atoms with van der Waals surface area (Å²) in [6.07, 6.45) is 0. The van der Waals surface area contributed by atoms with Crippen LogP contribution in [0.25, 0.3) is 5.69 Å². The van der Waals surface area contributed by atoms with Crippen molar-refractivity contribution in [3.63, 3.8) is 0 Å². The largest absolute Gasteiger partial charge is 0.326 e. The molecule has 20 heavy (non-hydrogen) atoms. The van der Waals surface area contributed by atoms with Crippen molar-refractivity contribution in [1.29, 1.82) is 0 Å². The summed E-state index contributed by atoms with van der Waals surface area (Å²) in [6, 6.07) is 9.95. The number of hydrogen-bond donors (Lipinski definition) is 1. The van der Waals surface area contributed by atoms with Crippen molar-refractivity contribution in [3.05, 3.63) is 63.1 Å². The molecule has 0 atom stereocenters. The highest BCUT2D eigenvalue weighted by atomic mass is 16.1. The molecule has 0 saturated heterocycles. The SMILES string of the molecule is Cc1ccc(-n2c(C(C)C)ccc(CN)c2=O)cc1C. The molecule has 0 bridgehead atoms. The minimum atomic E-state index is -0.0121. The van der Waals surface area contributed by atoms with E-state index in [2.05, 4.69) is 39.8 Å². The topological polar surface area (TPSA) is 48.0 Å². The zero-order chi connectivity index (χ0) is 14.9. The number of nitrogens with two attached hydrogens (primary N) is 1. The average Bonchev–Trinajstić information content (AvgIpc) is 2.41. The van der Waals surface area contributed by atoms with Gasteiger partial charge in [-0.05, 0) is 49.1 Å². The number of nitrogens with zero attached hydrogens (tertiary/aromatic N) is 1. The Morgan fingerprint density at radius 2 is 1.80 bits per heavy atom. The van der Waals surface area contributed by atoms with Gasteiger partial charge < -0.3 is 5.73 Å². The van der Waals surface area contributed by atoms with Crippen molar-refractivity contribution >= 4 is 0 Å². The highest BCUT2D eigenvalue weighted by Crippen LogP contribution is 2.19. The van der Waals surface area contributed by atoms with Crippen LogP contribution < -0.4 is 11.3 Å². The molecule has 0 unspecified atom stereocenters. The van der Waals surface area contributed by atoms with E-state index in [-0.39, 0.29) is 18.0 Å². The van der Waals surface area contributed by atoms with E-state index in [4.69, 9.17) is 5.73 Å². The molecule has 0 radical (unpaired) electrons. The van der Waals surface area contributed by atoms with Crippen LogP contribution in [-0.2, 0) is 6.54 Å². The van der Waals surface area contributed by atoms with Crippen LogP contribution in [0, 0.1) is 13.8 Å². The minimum absolute atomic E-state index is 0.0121. The molecule has 0 aliphatic rings. The van der Waals surface area contributed by atoms with Crippen LogP contribution in [0.4, 0.5) is 0 Å². The van der Waals surface area contributed by atoms with Gasteiger partial charge in [0.2, 0.25) is 0 Å². The Kier molecular flexibility index (Phi) is 4.09. The maximum atomic E-state index is 12.6. The van der Waals surface area contributed by atoms with Crippen LogP contribution in [0.3, 0.4) is 0 Å². The zero-order valence-corrected chi connectivity index (χ0v) is 12.6. The van der Waals surface area contributed by atoms with E-state index in [1.165, 1.54) is 11.1 Å². The van der Waals surface area contributed by atoms with E-state index in [9.17, 15) is 4.79 Å². The lowest BCUT2D eigenvalue weighted by Gasteiger charge is -2.17. The first-order valence-electron chi connectivity index (χ1n) is 6.98. The molecule has 3 heteroatoms. The van der Waals surface area contributed by atoms with Gasteiger partial charge in [0.25, 0.3) is 5.56 Å². The van der Waals surface area contributed by atoms with Crippen molar-refractivity contribution in [1.82, 2.24) is 4.57 Å². The second kappa shape index (κ2) is 5.63. The van der Waals surface area contributed by atoms with Crippen LogP contribution in [0.1, 0.15) is 42.1 Å². The van der Waals surface area contributed by atoms with Gasteiger partial charge in [0, 0.05) is 23.5 Å². The highest BCUT2D eigenvalue weighted by Gasteiger charge is 2.12. The second-order valence-corrected chi connectivity index (χ2v) is 5.55. The van der Waals surface area contributed by atoms with E-state index in [1.807, 2.05) is 18.2 Å². The molecule has 2 aromatic rings. The third kappa shape index (κ3) is 2.54. The Morgan fingerprint density at radius 3 is 2.35 bits per heavy atom. The van der Waals surface area contributed by atoms with E-state index < -0.39 is 0 Å². The monoisotopic (exact) mass is 270 g/mol. The lowest BCUT2D eigenvalue weighted by Crippen LogP contribution is -2.27. The zero-order valence-electron chi connectivity index (χ0n) is 12.6. The van der Waals surface area contributed by atoms with Crippen molar-refractivity contribution in [2.75, 3.05) is 0 Å². The van der Waals surface area contributed by atoms with Crippen LogP contribution >= 0.6 is 0 Å². The van der Waals surface area contributed by atoms with E-state index in [0.29, 0.717) is 5.56 Å². The molecular formula is C17H22N2O. The molecule has 2 rings (SSSR count). The average molecular weight is 270 g/mol. The summed E-state index contributed by atoms with van der Waals surface area (Å²) in [5.74, 6) is 0.274. The number of aromatic nitrogens is 1. The van der Waals surface area contributed by atoms with Gasteiger partial charge in [0.1, 0.15) is 0 Å². The number of hydrogen-bond acceptors (Lipinski definition) is 2. The molecule has 1 aromatic heterocycles. The molecule has 2 N–H and O–H groups in total. The first-order valence-corrected chi connectivity index (χ1v) is 6.98. The number of aryl methyl sites for hydroxylation is 2. The van der Waals surface area contributed by atoms with Crippen molar-refractivity contribution < 1.29 is 0 Å². The van der Waals surface area contributed by atoms with Crippen LogP contribution in [0.5, 0.6) is 0 Å². The highest BCUT2D eigenvalue weighted by molar-refractivity contribution is 5.42. The van der Waals surface area contributed by atoms with Gasteiger partial charge in [0.05, 0.1) is 0 Å². The van der Waals surface area contributed by atoms with Crippen LogP contribution in [-0.4, -0.2) is 4.57 Å². The maximum Gasteiger partial charge on any atom is 0.259 e. The lowest BCUT2D eigenvalue weighted by atomic mass is 10.1.